The van der Waals surface area contributed by atoms with E-state index in [1.54, 1.807) is 0 Å². The van der Waals surface area contributed by atoms with Gasteiger partial charge in [0, 0.05) is 24.3 Å². The Labute approximate surface area is 103 Å². The molecule has 0 spiro atoms. The van der Waals surface area contributed by atoms with Crippen LogP contribution in [0.3, 0.4) is 0 Å². The van der Waals surface area contributed by atoms with Crippen molar-refractivity contribution in [2.75, 3.05) is 12.4 Å². The van der Waals surface area contributed by atoms with Crippen molar-refractivity contribution < 1.29 is 0 Å². The Kier molecular flexibility index (Phi) is 5.26. The molecule has 2 N–H and O–H groups in total. The number of benzene rings is 1. The Morgan fingerprint density at radius 2 is 1.88 bits per heavy atom. The molecule has 0 aromatic heterocycles. The van der Waals surface area contributed by atoms with Gasteiger partial charge in [-0.3, -0.25) is 0 Å². The average Bonchev–Trinajstić information content (AvgIpc) is 2.35. The van der Waals surface area contributed by atoms with Crippen LogP contribution in [0.15, 0.2) is 24.3 Å². The monoisotopic (exact) mass is 236 g/mol. The first-order valence-corrected chi connectivity index (χ1v) is 6.21. The maximum Gasteiger partial charge on any atom is 0.108 e. The van der Waals surface area contributed by atoms with Crippen LogP contribution in [-0.2, 0) is 0 Å². The number of rotatable bonds is 5. The molecule has 0 saturated carbocycles. The first kappa shape index (κ1) is 13.0. The molecule has 0 aliphatic heterocycles. The van der Waals surface area contributed by atoms with E-state index < -0.39 is 0 Å². The molecule has 1 aromatic carbocycles. The fraction of sp³-hybridized carbons (Fsp3) is 0.462. The molecule has 2 nitrogen and oxygen atoms in total. The van der Waals surface area contributed by atoms with Crippen molar-refractivity contribution in [1.82, 2.24) is 5.32 Å². The second-order valence-electron chi connectivity index (χ2n) is 3.78. The predicted molar refractivity (Wildman–Crippen MR) is 75.2 cm³/mol. The van der Waals surface area contributed by atoms with Gasteiger partial charge >= 0.3 is 0 Å². The van der Waals surface area contributed by atoms with Gasteiger partial charge in [-0.15, -0.1) is 0 Å². The summed E-state index contributed by atoms with van der Waals surface area (Å²) in [5, 5.41) is 6.56. The number of para-hydroxylation sites is 1. The lowest BCUT2D eigenvalue weighted by Gasteiger charge is -2.18. The SMILES string of the molecule is CCC(CC)NC(=S)c1ccccc1NC. The summed E-state index contributed by atoms with van der Waals surface area (Å²) in [6.45, 7) is 4.35. The highest BCUT2D eigenvalue weighted by molar-refractivity contribution is 7.80. The van der Waals surface area contributed by atoms with Gasteiger partial charge in [0.25, 0.3) is 0 Å². The molecule has 0 aliphatic carbocycles. The fourth-order valence-corrected chi connectivity index (χ4v) is 2.00. The van der Waals surface area contributed by atoms with Crippen LogP contribution in [0.25, 0.3) is 0 Å². The van der Waals surface area contributed by atoms with E-state index in [4.69, 9.17) is 12.2 Å². The normalized spacial score (nSPS) is 10.2. The standard InChI is InChI=1S/C13H20N2S/c1-4-10(5-2)15-13(16)11-8-6-7-9-12(11)14-3/h6-10,14H,4-5H2,1-3H3,(H,15,16). The second kappa shape index (κ2) is 6.48. The van der Waals surface area contributed by atoms with E-state index in [-0.39, 0.29) is 0 Å². The number of thiocarbonyl (C=S) groups is 1. The summed E-state index contributed by atoms with van der Waals surface area (Å²) in [7, 11) is 1.92. The van der Waals surface area contributed by atoms with Crippen LogP contribution in [-0.4, -0.2) is 18.1 Å². The molecule has 0 unspecified atom stereocenters. The zero-order valence-electron chi connectivity index (χ0n) is 10.2. The van der Waals surface area contributed by atoms with Crippen LogP contribution in [0.5, 0.6) is 0 Å². The Morgan fingerprint density at radius 3 is 2.44 bits per heavy atom. The lowest BCUT2D eigenvalue weighted by Crippen LogP contribution is -2.33. The minimum absolute atomic E-state index is 0.470. The lowest BCUT2D eigenvalue weighted by molar-refractivity contribution is 0.574. The predicted octanol–water partition coefficient (Wildman–Crippen LogP) is 3.18. The lowest BCUT2D eigenvalue weighted by atomic mass is 10.1. The van der Waals surface area contributed by atoms with Gasteiger partial charge in [-0.05, 0) is 25.0 Å². The molecule has 3 heteroatoms. The summed E-state index contributed by atoms with van der Waals surface area (Å²) < 4.78 is 0. The van der Waals surface area contributed by atoms with Gasteiger partial charge in [-0.2, -0.15) is 0 Å². The molecule has 0 aliphatic rings. The van der Waals surface area contributed by atoms with Crippen LogP contribution in [0.2, 0.25) is 0 Å². The molecular formula is C13H20N2S. The van der Waals surface area contributed by atoms with E-state index in [0.717, 1.165) is 29.1 Å². The highest BCUT2D eigenvalue weighted by atomic mass is 32.1. The molecule has 16 heavy (non-hydrogen) atoms. The fourth-order valence-electron chi connectivity index (χ4n) is 1.66. The van der Waals surface area contributed by atoms with E-state index >= 15 is 0 Å². The summed E-state index contributed by atoms with van der Waals surface area (Å²) in [4.78, 5) is 0.832. The third-order valence-corrected chi connectivity index (χ3v) is 3.10. The molecule has 0 radical (unpaired) electrons. The maximum absolute atomic E-state index is 5.43. The molecule has 88 valence electrons. The molecule has 0 atom stereocenters. The quantitative estimate of drug-likeness (QED) is 0.768. The Bertz CT molecular complexity index is 346. The highest BCUT2D eigenvalue weighted by Gasteiger charge is 2.09. The molecule has 0 saturated heterocycles. The first-order valence-electron chi connectivity index (χ1n) is 5.80. The maximum atomic E-state index is 5.43. The molecule has 1 aromatic rings. The number of hydrogen-bond acceptors (Lipinski definition) is 2. The Balaban J connectivity index is 2.79. The first-order chi connectivity index (χ1) is 7.72. The van der Waals surface area contributed by atoms with Crippen molar-refractivity contribution in [2.45, 2.75) is 32.7 Å². The molecule has 0 bridgehead atoms. The molecule has 0 heterocycles. The minimum atomic E-state index is 0.470. The van der Waals surface area contributed by atoms with Crippen LogP contribution < -0.4 is 10.6 Å². The van der Waals surface area contributed by atoms with Crippen molar-refractivity contribution >= 4 is 22.9 Å². The van der Waals surface area contributed by atoms with Gasteiger partial charge in [0.1, 0.15) is 4.99 Å². The minimum Gasteiger partial charge on any atom is -0.388 e. The summed E-state index contributed by atoms with van der Waals surface area (Å²) in [6, 6.07) is 8.57. The van der Waals surface area contributed by atoms with Gasteiger partial charge in [0.15, 0.2) is 0 Å². The Hall–Kier alpha value is -1.09. The topological polar surface area (TPSA) is 24.1 Å². The van der Waals surface area contributed by atoms with E-state index in [1.165, 1.54) is 0 Å². The highest BCUT2D eigenvalue weighted by Crippen LogP contribution is 2.15. The molecule has 0 fully saturated rings. The molecular weight excluding hydrogens is 216 g/mol. The van der Waals surface area contributed by atoms with E-state index in [0.29, 0.717) is 6.04 Å². The van der Waals surface area contributed by atoms with Crippen molar-refractivity contribution in [3.63, 3.8) is 0 Å². The number of anilines is 1. The number of nitrogens with one attached hydrogen (secondary N) is 2. The van der Waals surface area contributed by atoms with Gasteiger partial charge < -0.3 is 10.6 Å². The Morgan fingerprint density at radius 1 is 1.25 bits per heavy atom. The third-order valence-electron chi connectivity index (χ3n) is 2.76. The molecule has 0 amide bonds. The van der Waals surface area contributed by atoms with Gasteiger partial charge in [-0.1, -0.05) is 38.2 Å². The van der Waals surface area contributed by atoms with E-state index in [1.807, 2.05) is 31.3 Å². The van der Waals surface area contributed by atoms with Crippen molar-refractivity contribution in [1.29, 1.82) is 0 Å². The average molecular weight is 236 g/mol. The zero-order chi connectivity index (χ0) is 12.0. The van der Waals surface area contributed by atoms with Crippen molar-refractivity contribution in [3.8, 4) is 0 Å². The van der Waals surface area contributed by atoms with Crippen LogP contribution in [0, 0.1) is 0 Å². The zero-order valence-corrected chi connectivity index (χ0v) is 11.0. The summed E-state index contributed by atoms with van der Waals surface area (Å²) in [6.07, 6.45) is 2.19. The van der Waals surface area contributed by atoms with Gasteiger partial charge in [0.2, 0.25) is 0 Å². The summed E-state index contributed by atoms with van der Waals surface area (Å²) in [5.41, 5.74) is 2.15. The van der Waals surface area contributed by atoms with Crippen molar-refractivity contribution in [3.05, 3.63) is 29.8 Å². The van der Waals surface area contributed by atoms with Crippen LogP contribution in [0.1, 0.15) is 32.3 Å². The van der Waals surface area contributed by atoms with Crippen LogP contribution >= 0.6 is 12.2 Å². The van der Waals surface area contributed by atoms with E-state index in [2.05, 4.69) is 24.5 Å². The van der Waals surface area contributed by atoms with Crippen LogP contribution in [0.4, 0.5) is 5.69 Å². The van der Waals surface area contributed by atoms with Gasteiger partial charge in [0.05, 0.1) is 0 Å². The molecule has 1 rings (SSSR count). The van der Waals surface area contributed by atoms with Crippen molar-refractivity contribution in [2.24, 2.45) is 0 Å². The number of hydrogen-bond donors (Lipinski definition) is 2. The summed E-state index contributed by atoms with van der Waals surface area (Å²) in [5.74, 6) is 0. The van der Waals surface area contributed by atoms with Gasteiger partial charge in [-0.25, -0.2) is 0 Å². The summed E-state index contributed by atoms with van der Waals surface area (Å²) >= 11 is 5.43. The second-order valence-corrected chi connectivity index (χ2v) is 4.19. The largest absolute Gasteiger partial charge is 0.388 e. The smallest absolute Gasteiger partial charge is 0.108 e. The third kappa shape index (κ3) is 3.20. The van der Waals surface area contributed by atoms with E-state index in [9.17, 15) is 0 Å².